The van der Waals surface area contributed by atoms with Gasteiger partial charge in [-0.1, -0.05) is 26.2 Å². The highest BCUT2D eigenvalue weighted by Gasteiger charge is 2.13. The molecule has 0 heterocycles. The Morgan fingerprint density at radius 2 is 1.89 bits per heavy atom. The van der Waals surface area contributed by atoms with E-state index in [4.69, 9.17) is 0 Å². The maximum absolute atomic E-state index is 10.9. The quantitative estimate of drug-likeness (QED) is 0.448. The Bertz CT molecular complexity index is 417. The van der Waals surface area contributed by atoms with Gasteiger partial charge in [0.2, 0.25) is 0 Å². The van der Waals surface area contributed by atoms with Crippen LogP contribution in [0.4, 0.5) is 11.4 Å². The summed E-state index contributed by atoms with van der Waals surface area (Å²) in [4.78, 5) is 10.6. The minimum atomic E-state index is -0.322. The summed E-state index contributed by atoms with van der Waals surface area (Å²) in [6.07, 6.45) is 4.77. The van der Waals surface area contributed by atoms with Crippen molar-refractivity contribution in [3.05, 3.63) is 33.4 Å². The molecule has 0 amide bonds. The van der Waals surface area contributed by atoms with E-state index >= 15 is 0 Å². The number of benzene rings is 1. The summed E-state index contributed by atoms with van der Waals surface area (Å²) in [7, 11) is 0. The summed E-state index contributed by atoms with van der Waals surface area (Å²) >= 11 is 0. The predicted molar refractivity (Wildman–Crippen MR) is 75.2 cm³/mol. The lowest BCUT2D eigenvalue weighted by Gasteiger charge is -2.10. The van der Waals surface area contributed by atoms with Crippen molar-refractivity contribution < 1.29 is 4.92 Å². The van der Waals surface area contributed by atoms with Gasteiger partial charge in [-0.05, 0) is 31.9 Å². The number of hydrogen-bond donors (Lipinski definition) is 1. The average Bonchev–Trinajstić information content (AvgIpc) is 2.30. The molecule has 0 unspecified atom stereocenters. The van der Waals surface area contributed by atoms with Gasteiger partial charge in [0.1, 0.15) is 0 Å². The van der Waals surface area contributed by atoms with E-state index in [0.717, 1.165) is 24.2 Å². The molecule has 1 aromatic rings. The van der Waals surface area contributed by atoms with Crippen LogP contribution in [0.3, 0.4) is 0 Å². The average molecular weight is 250 g/mol. The van der Waals surface area contributed by atoms with E-state index < -0.39 is 0 Å². The molecular weight excluding hydrogens is 228 g/mol. The lowest BCUT2D eigenvalue weighted by molar-refractivity contribution is -0.385. The Morgan fingerprint density at radius 3 is 2.50 bits per heavy atom. The van der Waals surface area contributed by atoms with Gasteiger partial charge < -0.3 is 5.32 Å². The number of nitro benzene ring substituents is 1. The van der Waals surface area contributed by atoms with Gasteiger partial charge in [-0.3, -0.25) is 10.1 Å². The monoisotopic (exact) mass is 250 g/mol. The number of rotatable bonds is 7. The minimum Gasteiger partial charge on any atom is -0.385 e. The largest absolute Gasteiger partial charge is 0.385 e. The molecule has 100 valence electrons. The van der Waals surface area contributed by atoms with Crippen molar-refractivity contribution in [2.75, 3.05) is 11.9 Å². The summed E-state index contributed by atoms with van der Waals surface area (Å²) in [6, 6.07) is 3.51. The van der Waals surface area contributed by atoms with Crippen LogP contribution >= 0.6 is 0 Å². The van der Waals surface area contributed by atoms with Gasteiger partial charge in [0.25, 0.3) is 5.69 Å². The van der Waals surface area contributed by atoms with Crippen LogP contribution in [-0.4, -0.2) is 11.5 Å². The first-order chi connectivity index (χ1) is 8.56. The maximum Gasteiger partial charge on any atom is 0.274 e. The SMILES string of the molecule is CCCCCCNc1cc([N+](=O)[O-])c(C)cc1C. The highest BCUT2D eigenvalue weighted by atomic mass is 16.6. The topological polar surface area (TPSA) is 55.2 Å². The molecule has 0 aliphatic rings. The fourth-order valence-electron chi connectivity index (χ4n) is 2.00. The molecule has 0 radical (unpaired) electrons. The minimum absolute atomic E-state index is 0.191. The zero-order chi connectivity index (χ0) is 13.5. The first-order valence-corrected chi connectivity index (χ1v) is 6.55. The Labute approximate surface area is 109 Å². The zero-order valence-corrected chi connectivity index (χ0v) is 11.5. The van der Waals surface area contributed by atoms with E-state index in [1.54, 1.807) is 13.0 Å². The Balaban J connectivity index is 2.65. The number of hydrogen-bond acceptors (Lipinski definition) is 3. The van der Waals surface area contributed by atoms with Crippen LogP contribution in [0.1, 0.15) is 43.7 Å². The lowest BCUT2D eigenvalue weighted by Crippen LogP contribution is -2.04. The van der Waals surface area contributed by atoms with Gasteiger partial charge in [0, 0.05) is 23.9 Å². The summed E-state index contributed by atoms with van der Waals surface area (Å²) in [5, 5.41) is 14.2. The Hall–Kier alpha value is -1.58. The van der Waals surface area contributed by atoms with E-state index in [1.165, 1.54) is 19.3 Å². The number of anilines is 1. The summed E-state index contributed by atoms with van der Waals surface area (Å²) < 4.78 is 0. The molecule has 0 spiro atoms. The van der Waals surface area contributed by atoms with Crippen molar-refractivity contribution in [1.82, 2.24) is 0 Å². The normalized spacial score (nSPS) is 10.4. The molecule has 1 N–H and O–H groups in total. The van der Waals surface area contributed by atoms with Crippen LogP contribution in [0.25, 0.3) is 0 Å². The summed E-state index contributed by atoms with van der Waals surface area (Å²) in [6.45, 7) is 6.81. The molecule has 1 rings (SSSR count). The first-order valence-electron chi connectivity index (χ1n) is 6.55. The molecule has 0 aromatic heterocycles. The lowest BCUT2D eigenvalue weighted by atomic mass is 10.1. The molecule has 0 aliphatic heterocycles. The van der Waals surface area contributed by atoms with Gasteiger partial charge in [0.15, 0.2) is 0 Å². The predicted octanol–water partition coefficient (Wildman–Crippen LogP) is 4.20. The van der Waals surface area contributed by atoms with Crippen molar-refractivity contribution in [1.29, 1.82) is 0 Å². The first kappa shape index (κ1) is 14.5. The number of nitrogens with zero attached hydrogens (tertiary/aromatic N) is 1. The number of unbranched alkanes of at least 4 members (excludes halogenated alkanes) is 3. The van der Waals surface area contributed by atoms with Crippen LogP contribution in [-0.2, 0) is 0 Å². The van der Waals surface area contributed by atoms with Crippen molar-refractivity contribution in [2.24, 2.45) is 0 Å². The van der Waals surface area contributed by atoms with E-state index in [2.05, 4.69) is 12.2 Å². The molecule has 0 saturated heterocycles. The van der Waals surface area contributed by atoms with Gasteiger partial charge in [0.05, 0.1) is 4.92 Å². The summed E-state index contributed by atoms with van der Waals surface area (Å²) in [5.41, 5.74) is 2.85. The van der Waals surface area contributed by atoms with E-state index in [0.29, 0.717) is 5.56 Å². The van der Waals surface area contributed by atoms with Gasteiger partial charge in [-0.25, -0.2) is 0 Å². The van der Waals surface area contributed by atoms with Crippen molar-refractivity contribution in [3.8, 4) is 0 Å². The van der Waals surface area contributed by atoms with Crippen LogP contribution in [0.5, 0.6) is 0 Å². The molecule has 0 aliphatic carbocycles. The third-order valence-electron chi connectivity index (χ3n) is 3.09. The zero-order valence-electron chi connectivity index (χ0n) is 11.5. The molecule has 4 nitrogen and oxygen atoms in total. The molecule has 0 fully saturated rings. The third-order valence-corrected chi connectivity index (χ3v) is 3.09. The second-order valence-corrected chi connectivity index (χ2v) is 4.70. The van der Waals surface area contributed by atoms with Crippen LogP contribution in [0.15, 0.2) is 12.1 Å². The standard InChI is InChI=1S/C14H22N2O2/c1-4-5-6-7-8-15-13-10-14(16(17)18)12(3)9-11(13)2/h9-10,15H,4-8H2,1-3H3. The fourth-order valence-corrected chi connectivity index (χ4v) is 2.00. The molecular formula is C14H22N2O2. The van der Waals surface area contributed by atoms with E-state index in [1.807, 2.05) is 13.0 Å². The van der Waals surface area contributed by atoms with Crippen LogP contribution < -0.4 is 5.32 Å². The second kappa shape index (κ2) is 6.99. The van der Waals surface area contributed by atoms with Crippen molar-refractivity contribution >= 4 is 11.4 Å². The Morgan fingerprint density at radius 1 is 1.17 bits per heavy atom. The van der Waals surface area contributed by atoms with E-state index in [-0.39, 0.29) is 10.6 Å². The number of aryl methyl sites for hydroxylation is 2. The maximum atomic E-state index is 10.9. The third kappa shape index (κ3) is 4.02. The number of nitrogens with one attached hydrogen (secondary N) is 1. The molecule has 0 atom stereocenters. The Kier molecular flexibility index (Phi) is 5.62. The van der Waals surface area contributed by atoms with Crippen LogP contribution in [0.2, 0.25) is 0 Å². The van der Waals surface area contributed by atoms with Gasteiger partial charge in [-0.2, -0.15) is 0 Å². The molecule has 0 bridgehead atoms. The molecule has 18 heavy (non-hydrogen) atoms. The van der Waals surface area contributed by atoms with E-state index in [9.17, 15) is 10.1 Å². The highest BCUT2D eigenvalue weighted by Crippen LogP contribution is 2.26. The van der Waals surface area contributed by atoms with Gasteiger partial charge >= 0.3 is 0 Å². The highest BCUT2D eigenvalue weighted by molar-refractivity contribution is 5.60. The smallest absolute Gasteiger partial charge is 0.274 e. The molecule has 0 saturated carbocycles. The fraction of sp³-hybridized carbons (Fsp3) is 0.571. The van der Waals surface area contributed by atoms with Crippen LogP contribution in [0, 0.1) is 24.0 Å². The van der Waals surface area contributed by atoms with Crippen molar-refractivity contribution in [2.45, 2.75) is 46.5 Å². The second-order valence-electron chi connectivity index (χ2n) is 4.70. The number of nitro groups is 1. The van der Waals surface area contributed by atoms with Gasteiger partial charge in [-0.15, -0.1) is 0 Å². The summed E-state index contributed by atoms with van der Waals surface area (Å²) in [5.74, 6) is 0. The van der Waals surface area contributed by atoms with Crippen molar-refractivity contribution in [3.63, 3.8) is 0 Å². The molecule has 1 aromatic carbocycles. The molecule has 4 heteroatoms.